The molecule has 0 heterocycles. The molecule has 0 aliphatic carbocycles. The van der Waals surface area contributed by atoms with Gasteiger partial charge in [0.15, 0.2) is 0 Å². The lowest BCUT2D eigenvalue weighted by Gasteiger charge is -2.32. The molecule has 0 aromatic heterocycles. The van der Waals surface area contributed by atoms with Gasteiger partial charge in [-0.25, -0.2) is 12.7 Å². The average Bonchev–Trinajstić information content (AvgIpc) is 2.64. The van der Waals surface area contributed by atoms with E-state index in [-0.39, 0.29) is 11.3 Å². The predicted molar refractivity (Wildman–Crippen MR) is 113 cm³/mol. The molecule has 2 aromatic carbocycles. The fourth-order valence-corrected chi connectivity index (χ4v) is 4.62. The van der Waals surface area contributed by atoms with Crippen LogP contribution in [-0.4, -0.2) is 36.1 Å². The molecule has 6 nitrogen and oxygen atoms in total. The molecule has 2 amide bonds. The summed E-state index contributed by atoms with van der Waals surface area (Å²) >= 11 is 0. The van der Waals surface area contributed by atoms with Gasteiger partial charge in [0, 0.05) is 12.5 Å². The highest BCUT2D eigenvalue weighted by Gasteiger charge is 2.38. The lowest BCUT2D eigenvalue weighted by molar-refractivity contribution is -0.134. The number of benzene rings is 2. The number of hydrogen-bond acceptors (Lipinski definition) is 4. The molecule has 2 rings (SSSR count). The van der Waals surface area contributed by atoms with Crippen LogP contribution < -0.4 is 5.32 Å². The van der Waals surface area contributed by atoms with E-state index in [0.717, 1.165) is 5.56 Å². The predicted octanol–water partition coefficient (Wildman–Crippen LogP) is 3.14. The lowest BCUT2D eigenvalue weighted by atomic mass is 10.0. The van der Waals surface area contributed by atoms with E-state index in [1.807, 2.05) is 51.1 Å². The second-order valence-electron chi connectivity index (χ2n) is 7.91. The van der Waals surface area contributed by atoms with Gasteiger partial charge < -0.3 is 5.32 Å². The Morgan fingerprint density at radius 3 is 1.97 bits per heavy atom. The first-order valence-electron chi connectivity index (χ1n) is 9.48. The van der Waals surface area contributed by atoms with Gasteiger partial charge in [0.1, 0.15) is 6.04 Å². The van der Waals surface area contributed by atoms with E-state index in [9.17, 15) is 18.0 Å². The smallest absolute Gasteiger partial charge is 0.267 e. The molecule has 1 N–H and O–H groups in total. The highest BCUT2D eigenvalue weighted by molar-refractivity contribution is 7.89. The molecule has 29 heavy (non-hydrogen) atoms. The van der Waals surface area contributed by atoms with Crippen molar-refractivity contribution < 1.29 is 18.0 Å². The molecule has 0 saturated heterocycles. The summed E-state index contributed by atoms with van der Waals surface area (Å²) in [5.41, 5.74) is 0.391. The van der Waals surface area contributed by atoms with Gasteiger partial charge in [-0.05, 0) is 51.3 Å². The Morgan fingerprint density at radius 2 is 1.48 bits per heavy atom. The van der Waals surface area contributed by atoms with Gasteiger partial charge >= 0.3 is 0 Å². The molecule has 0 fully saturated rings. The summed E-state index contributed by atoms with van der Waals surface area (Å²) in [5.74, 6) is -1.20. The summed E-state index contributed by atoms with van der Waals surface area (Å²) in [4.78, 5) is 25.5. The Balaban J connectivity index is 2.44. The van der Waals surface area contributed by atoms with E-state index in [4.69, 9.17) is 0 Å². The molecule has 0 saturated carbocycles. The van der Waals surface area contributed by atoms with Crippen molar-refractivity contribution in [2.75, 3.05) is 0 Å². The van der Waals surface area contributed by atoms with E-state index < -0.39 is 33.4 Å². The summed E-state index contributed by atoms with van der Waals surface area (Å²) < 4.78 is 27.2. The third kappa shape index (κ3) is 6.15. The molecule has 0 aliphatic heterocycles. The van der Waals surface area contributed by atoms with Gasteiger partial charge in [-0.1, -0.05) is 48.5 Å². The summed E-state index contributed by atoms with van der Waals surface area (Å²) in [5, 5.41) is 2.82. The molecule has 0 radical (unpaired) electrons. The largest absolute Gasteiger partial charge is 0.350 e. The zero-order chi connectivity index (χ0) is 21.7. The van der Waals surface area contributed by atoms with Crippen molar-refractivity contribution in [3.05, 3.63) is 66.2 Å². The first-order chi connectivity index (χ1) is 13.5. The summed E-state index contributed by atoms with van der Waals surface area (Å²) in [6, 6.07) is 16.0. The number of amides is 2. The Hall–Kier alpha value is -2.67. The average molecular weight is 417 g/mol. The van der Waals surface area contributed by atoms with Crippen molar-refractivity contribution in [3.63, 3.8) is 0 Å². The van der Waals surface area contributed by atoms with Crippen molar-refractivity contribution in [3.8, 4) is 0 Å². The highest BCUT2D eigenvalue weighted by Crippen LogP contribution is 2.22. The van der Waals surface area contributed by atoms with E-state index in [1.54, 1.807) is 18.2 Å². The summed E-state index contributed by atoms with van der Waals surface area (Å²) in [7, 11) is -4.18. The fourth-order valence-electron chi connectivity index (χ4n) is 3.02. The zero-order valence-corrected chi connectivity index (χ0v) is 18.1. The van der Waals surface area contributed by atoms with Crippen LogP contribution in [0.4, 0.5) is 0 Å². The molecule has 7 heteroatoms. The molecule has 1 atom stereocenters. The van der Waals surface area contributed by atoms with Crippen LogP contribution in [0.3, 0.4) is 0 Å². The van der Waals surface area contributed by atoms with Crippen LogP contribution in [0.1, 0.15) is 39.7 Å². The Kier molecular flexibility index (Phi) is 7.19. The van der Waals surface area contributed by atoms with E-state index in [1.165, 1.54) is 19.1 Å². The molecule has 0 bridgehead atoms. The van der Waals surface area contributed by atoms with Crippen LogP contribution in [0.15, 0.2) is 65.6 Å². The number of hydrogen-bond donors (Lipinski definition) is 1. The summed E-state index contributed by atoms with van der Waals surface area (Å²) in [6.45, 7) is 6.59. The van der Waals surface area contributed by atoms with Crippen molar-refractivity contribution in [1.29, 1.82) is 0 Å². The maximum atomic E-state index is 13.2. The number of carbonyl (C=O) groups excluding carboxylic acids is 2. The molecule has 0 spiro atoms. The van der Waals surface area contributed by atoms with E-state index in [2.05, 4.69) is 5.32 Å². The number of aryl methyl sites for hydroxylation is 1. The van der Waals surface area contributed by atoms with Gasteiger partial charge in [-0.3, -0.25) is 9.59 Å². The SMILES string of the molecule is CC(=O)N(C(CCc1ccccc1)C(=O)NC(C)(C)C)S(=O)(=O)c1ccccc1. The van der Waals surface area contributed by atoms with Crippen LogP contribution in [0.2, 0.25) is 0 Å². The second kappa shape index (κ2) is 9.22. The van der Waals surface area contributed by atoms with Crippen LogP contribution in [0.25, 0.3) is 0 Å². The van der Waals surface area contributed by atoms with Crippen molar-refractivity contribution >= 4 is 21.8 Å². The van der Waals surface area contributed by atoms with Crippen molar-refractivity contribution in [1.82, 2.24) is 9.62 Å². The zero-order valence-electron chi connectivity index (χ0n) is 17.3. The molecule has 1 unspecified atom stereocenters. The first-order valence-corrected chi connectivity index (χ1v) is 10.9. The van der Waals surface area contributed by atoms with Crippen LogP contribution >= 0.6 is 0 Å². The van der Waals surface area contributed by atoms with E-state index in [0.29, 0.717) is 10.7 Å². The minimum Gasteiger partial charge on any atom is -0.350 e. The first kappa shape index (κ1) is 22.6. The molecule has 2 aromatic rings. The monoisotopic (exact) mass is 416 g/mol. The quantitative estimate of drug-likeness (QED) is 0.752. The van der Waals surface area contributed by atoms with Crippen LogP contribution in [0.5, 0.6) is 0 Å². The van der Waals surface area contributed by atoms with Gasteiger partial charge in [-0.15, -0.1) is 0 Å². The van der Waals surface area contributed by atoms with Gasteiger partial charge in [-0.2, -0.15) is 0 Å². The van der Waals surface area contributed by atoms with Crippen LogP contribution in [-0.2, 0) is 26.0 Å². The topological polar surface area (TPSA) is 83.6 Å². The van der Waals surface area contributed by atoms with Crippen molar-refractivity contribution in [2.45, 2.75) is 57.0 Å². The standard InChI is InChI=1S/C22H28N2O4S/c1-17(25)24(29(27,28)19-13-9-6-10-14-19)20(21(26)23-22(2,3)4)16-15-18-11-7-5-8-12-18/h5-14,20H,15-16H2,1-4H3,(H,23,26). The van der Waals surface area contributed by atoms with Crippen molar-refractivity contribution in [2.24, 2.45) is 0 Å². The number of nitrogens with one attached hydrogen (secondary N) is 1. The lowest BCUT2D eigenvalue weighted by Crippen LogP contribution is -2.55. The molecular weight excluding hydrogens is 388 g/mol. The molecule has 156 valence electrons. The number of sulfonamides is 1. The van der Waals surface area contributed by atoms with Crippen LogP contribution in [0, 0.1) is 0 Å². The third-order valence-electron chi connectivity index (χ3n) is 4.24. The maximum absolute atomic E-state index is 13.2. The third-order valence-corrected chi connectivity index (χ3v) is 6.14. The minimum absolute atomic E-state index is 0.0246. The van der Waals surface area contributed by atoms with Gasteiger partial charge in [0.2, 0.25) is 11.8 Å². The number of rotatable bonds is 7. The fraction of sp³-hybridized carbons (Fsp3) is 0.364. The Morgan fingerprint density at radius 1 is 0.966 bits per heavy atom. The van der Waals surface area contributed by atoms with E-state index >= 15 is 0 Å². The normalized spacial score (nSPS) is 12.8. The Bertz CT molecular complexity index is 936. The molecule has 0 aliphatic rings. The maximum Gasteiger partial charge on any atom is 0.267 e. The Labute approximate surface area is 173 Å². The highest BCUT2D eigenvalue weighted by atomic mass is 32.2. The molecular formula is C22H28N2O4S. The van der Waals surface area contributed by atoms with Gasteiger partial charge in [0.05, 0.1) is 4.90 Å². The minimum atomic E-state index is -4.18. The second-order valence-corrected chi connectivity index (χ2v) is 9.73. The number of carbonyl (C=O) groups is 2. The number of nitrogens with zero attached hydrogens (tertiary/aromatic N) is 1. The summed E-state index contributed by atoms with van der Waals surface area (Å²) in [6.07, 6.45) is 0.634. The van der Waals surface area contributed by atoms with Gasteiger partial charge in [0.25, 0.3) is 10.0 Å².